The van der Waals surface area contributed by atoms with Gasteiger partial charge >= 0.3 is 6.09 Å². The lowest BCUT2D eigenvalue weighted by Crippen LogP contribution is -2.53. The summed E-state index contributed by atoms with van der Waals surface area (Å²) in [7, 11) is 0. The van der Waals surface area contributed by atoms with E-state index in [9.17, 15) is 9.90 Å². The first-order valence-corrected chi connectivity index (χ1v) is 7.12. The summed E-state index contributed by atoms with van der Waals surface area (Å²) in [6.07, 6.45) is 2.70. The van der Waals surface area contributed by atoms with Crippen LogP contribution >= 0.6 is 0 Å². The third kappa shape index (κ3) is 2.14. The van der Waals surface area contributed by atoms with E-state index in [0.29, 0.717) is 5.56 Å². The van der Waals surface area contributed by atoms with Crippen LogP contribution in [-0.2, 0) is 16.9 Å². The van der Waals surface area contributed by atoms with E-state index in [1.807, 2.05) is 30.3 Å². The minimum absolute atomic E-state index is 0.280. The van der Waals surface area contributed by atoms with Gasteiger partial charge in [0.05, 0.1) is 6.54 Å². The monoisotopic (exact) mass is 298 g/mol. The topological polar surface area (TPSA) is 62.7 Å². The Balaban J connectivity index is 1.96. The Bertz CT molecular complexity index is 673. The maximum atomic E-state index is 12.3. The van der Waals surface area contributed by atoms with E-state index in [1.165, 1.54) is 4.90 Å². The van der Waals surface area contributed by atoms with Crippen LogP contribution in [0.2, 0.25) is 0 Å². The van der Waals surface area contributed by atoms with Crippen molar-refractivity contribution in [1.29, 1.82) is 0 Å². The molecule has 22 heavy (non-hydrogen) atoms. The molecule has 1 saturated heterocycles. The van der Waals surface area contributed by atoms with Gasteiger partial charge in [-0.05, 0) is 25.5 Å². The molecule has 5 nitrogen and oxygen atoms in total. The number of hydrogen-bond acceptors (Lipinski definition) is 4. The summed E-state index contributed by atoms with van der Waals surface area (Å²) in [5.74, 6) is 0. The number of nitrogens with zero attached hydrogens (tertiary/aromatic N) is 2. The minimum atomic E-state index is -1.48. The van der Waals surface area contributed by atoms with Crippen LogP contribution in [0, 0.1) is 0 Å². The lowest BCUT2D eigenvalue weighted by atomic mass is 9.86. The van der Waals surface area contributed by atoms with E-state index in [1.54, 1.807) is 38.4 Å². The molecule has 0 bridgehead atoms. The van der Waals surface area contributed by atoms with Gasteiger partial charge in [0.1, 0.15) is 0 Å². The van der Waals surface area contributed by atoms with Gasteiger partial charge in [-0.1, -0.05) is 36.4 Å². The van der Waals surface area contributed by atoms with Crippen LogP contribution in [0.15, 0.2) is 54.9 Å². The molecule has 1 aliphatic rings. The number of carbonyl (C=O) groups excluding carboxylic acids is 1. The number of hydrogen-bond donors (Lipinski definition) is 1. The van der Waals surface area contributed by atoms with Crippen LogP contribution in [0.5, 0.6) is 0 Å². The maximum Gasteiger partial charge on any atom is 0.413 e. The zero-order chi connectivity index (χ0) is 15.8. The normalized spacial score (nSPS) is 27.8. The van der Waals surface area contributed by atoms with Crippen molar-refractivity contribution < 1.29 is 14.6 Å². The molecule has 0 spiro atoms. The molecule has 1 aliphatic heterocycles. The molecule has 2 atom stereocenters. The maximum absolute atomic E-state index is 12.3. The van der Waals surface area contributed by atoms with Crippen LogP contribution in [0.3, 0.4) is 0 Å². The van der Waals surface area contributed by atoms with Crippen LogP contribution < -0.4 is 0 Å². The van der Waals surface area contributed by atoms with Crippen LogP contribution in [-0.4, -0.2) is 26.8 Å². The van der Waals surface area contributed by atoms with Gasteiger partial charge in [0.2, 0.25) is 0 Å². The van der Waals surface area contributed by atoms with E-state index >= 15 is 0 Å². The largest absolute Gasteiger partial charge is 0.433 e. The van der Waals surface area contributed by atoms with Crippen molar-refractivity contribution in [1.82, 2.24) is 9.88 Å². The van der Waals surface area contributed by atoms with E-state index in [4.69, 9.17) is 4.74 Å². The number of amides is 1. The Morgan fingerprint density at radius 2 is 1.91 bits per heavy atom. The van der Waals surface area contributed by atoms with Gasteiger partial charge in [-0.15, -0.1) is 0 Å². The Labute approximate surface area is 129 Å². The number of benzene rings is 1. The minimum Gasteiger partial charge on any atom is -0.433 e. The number of aliphatic hydroxyl groups is 1. The molecule has 0 unspecified atom stereocenters. The highest BCUT2D eigenvalue weighted by atomic mass is 16.6. The second-order valence-electron chi connectivity index (χ2n) is 5.74. The van der Waals surface area contributed by atoms with Crippen molar-refractivity contribution in [2.24, 2.45) is 0 Å². The third-order valence-corrected chi connectivity index (χ3v) is 4.34. The van der Waals surface area contributed by atoms with Crippen LogP contribution in [0.25, 0.3) is 0 Å². The van der Waals surface area contributed by atoms with Gasteiger partial charge in [-0.25, -0.2) is 4.79 Å². The fourth-order valence-electron chi connectivity index (χ4n) is 2.72. The van der Waals surface area contributed by atoms with E-state index in [2.05, 4.69) is 4.98 Å². The predicted octanol–water partition coefficient (Wildman–Crippen LogP) is 2.66. The molecule has 0 saturated carbocycles. The molecule has 1 N–H and O–H groups in total. The second kappa shape index (κ2) is 5.10. The molecule has 0 radical (unpaired) electrons. The molecule has 1 amide bonds. The third-order valence-electron chi connectivity index (χ3n) is 4.34. The zero-order valence-electron chi connectivity index (χ0n) is 12.6. The number of ether oxygens (including phenoxy) is 1. The molecule has 5 heteroatoms. The predicted molar refractivity (Wildman–Crippen MR) is 80.7 cm³/mol. The SMILES string of the molecule is C[C@@]1(c2cccnc2)OC(=O)N(Cc2ccccc2)[C@]1(C)O. The van der Waals surface area contributed by atoms with Crippen molar-refractivity contribution in [3.63, 3.8) is 0 Å². The summed E-state index contributed by atoms with van der Waals surface area (Å²) in [4.78, 5) is 17.7. The second-order valence-corrected chi connectivity index (χ2v) is 5.74. The van der Waals surface area contributed by atoms with Gasteiger partial charge < -0.3 is 9.84 Å². The summed E-state index contributed by atoms with van der Waals surface area (Å²) in [5.41, 5.74) is -1.07. The number of rotatable bonds is 3. The summed E-state index contributed by atoms with van der Waals surface area (Å²) < 4.78 is 5.53. The molecule has 1 fully saturated rings. The van der Waals surface area contributed by atoms with Crippen molar-refractivity contribution in [3.05, 3.63) is 66.0 Å². The molecule has 1 aromatic carbocycles. The summed E-state index contributed by atoms with van der Waals surface area (Å²) in [6.45, 7) is 3.57. The molecule has 3 rings (SSSR count). The molecular formula is C17H18N2O3. The fourth-order valence-corrected chi connectivity index (χ4v) is 2.72. The van der Waals surface area contributed by atoms with Crippen LogP contribution in [0.1, 0.15) is 25.0 Å². The number of aromatic nitrogens is 1. The molecular weight excluding hydrogens is 280 g/mol. The number of carbonyl (C=O) groups is 1. The Kier molecular flexibility index (Phi) is 3.37. The molecule has 1 aromatic heterocycles. The average Bonchev–Trinajstić information content (AvgIpc) is 2.70. The Morgan fingerprint density at radius 1 is 1.18 bits per heavy atom. The van der Waals surface area contributed by atoms with Gasteiger partial charge in [0.15, 0.2) is 11.3 Å². The van der Waals surface area contributed by atoms with Crippen LogP contribution in [0.4, 0.5) is 4.79 Å². The van der Waals surface area contributed by atoms with Crippen molar-refractivity contribution >= 4 is 6.09 Å². The number of cyclic esters (lactones) is 1. The Morgan fingerprint density at radius 3 is 2.55 bits per heavy atom. The van der Waals surface area contributed by atoms with Crippen molar-refractivity contribution in [2.75, 3.05) is 0 Å². The highest BCUT2D eigenvalue weighted by Gasteiger charge is 2.60. The van der Waals surface area contributed by atoms with Gasteiger partial charge in [-0.2, -0.15) is 0 Å². The standard InChI is InChI=1S/C17H18N2O3/c1-16(14-9-6-10-18-11-14)17(2,21)19(15(20)22-16)12-13-7-4-3-5-8-13/h3-11,21H,12H2,1-2H3/t16-,17+/m0/s1. The van der Waals surface area contributed by atoms with Gasteiger partial charge in [0, 0.05) is 18.0 Å². The van der Waals surface area contributed by atoms with Crippen molar-refractivity contribution in [3.8, 4) is 0 Å². The summed E-state index contributed by atoms with van der Waals surface area (Å²) >= 11 is 0. The summed E-state index contributed by atoms with van der Waals surface area (Å²) in [6, 6.07) is 13.1. The number of pyridine rings is 1. The fraction of sp³-hybridized carbons (Fsp3) is 0.294. The Hall–Kier alpha value is -2.40. The lowest BCUT2D eigenvalue weighted by Gasteiger charge is -2.37. The van der Waals surface area contributed by atoms with Gasteiger partial charge in [0.25, 0.3) is 0 Å². The first-order chi connectivity index (χ1) is 10.4. The molecule has 2 aromatic rings. The smallest absolute Gasteiger partial charge is 0.413 e. The molecule has 0 aliphatic carbocycles. The van der Waals surface area contributed by atoms with E-state index in [-0.39, 0.29) is 6.54 Å². The first-order valence-electron chi connectivity index (χ1n) is 7.12. The van der Waals surface area contributed by atoms with E-state index < -0.39 is 17.4 Å². The van der Waals surface area contributed by atoms with Gasteiger partial charge in [-0.3, -0.25) is 9.88 Å². The highest BCUT2D eigenvalue weighted by molar-refractivity contribution is 5.72. The highest BCUT2D eigenvalue weighted by Crippen LogP contribution is 2.45. The summed E-state index contributed by atoms with van der Waals surface area (Å²) in [5, 5.41) is 11.0. The molecule has 2 heterocycles. The quantitative estimate of drug-likeness (QED) is 0.946. The lowest BCUT2D eigenvalue weighted by molar-refractivity contribution is -0.143. The van der Waals surface area contributed by atoms with E-state index in [0.717, 1.165) is 5.56 Å². The van der Waals surface area contributed by atoms with Crippen molar-refractivity contribution in [2.45, 2.75) is 31.7 Å². The molecule has 114 valence electrons. The zero-order valence-corrected chi connectivity index (χ0v) is 12.6. The average molecular weight is 298 g/mol. The first kappa shape index (κ1) is 14.5.